The summed E-state index contributed by atoms with van der Waals surface area (Å²) >= 11 is 0. The van der Waals surface area contributed by atoms with Crippen LogP contribution < -0.4 is 0 Å². The van der Waals surface area contributed by atoms with Gasteiger partial charge in [-0.1, -0.05) is 32.9 Å². The van der Waals surface area contributed by atoms with E-state index >= 15 is 0 Å². The van der Waals surface area contributed by atoms with Crippen molar-refractivity contribution in [2.75, 3.05) is 0 Å². The van der Waals surface area contributed by atoms with Crippen LogP contribution in [0.4, 0.5) is 0 Å². The zero-order valence-corrected chi connectivity index (χ0v) is 13.2. The van der Waals surface area contributed by atoms with Crippen molar-refractivity contribution in [2.24, 2.45) is 0 Å². The molecule has 0 saturated carbocycles. The maximum Gasteiger partial charge on any atom is 0.0160 e. The van der Waals surface area contributed by atoms with E-state index in [0.717, 1.165) is 11.3 Å². The first-order valence-electron chi connectivity index (χ1n) is 5.51. The molecule has 2 rings (SSSR count). The van der Waals surface area contributed by atoms with Crippen LogP contribution in [0, 0.1) is 6.07 Å². The molecule has 3 heteroatoms. The summed E-state index contributed by atoms with van der Waals surface area (Å²) in [5.41, 5.74) is 3.52. The molecule has 2 aromatic rings. The Balaban J connectivity index is 0.00000144. The maximum atomic E-state index is 4.34. The van der Waals surface area contributed by atoms with Crippen LogP contribution in [0.1, 0.15) is 26.3 Å². The molecular weight excluding hydrogens is 402 g/mol. The summed E-state index contributed by atoms with van der Waals surface area (Å²) in [6.45, 7) is 6.64. The molecule has 0 amide bonds. The first-order chi connectivity index (χ1) is 7.57. The zero-order chi connectivity index (χ0) is 11.6. The summed E-state index contributed by atoms with van der Waals surface area (Å²) in [5.74, 6) is 0. The van der Waals surface area contributed by atoms with E-state index in [1.54, 1.807) is 0 Å². The van der Waals surface area contributed by atoms with Crippen LogP contribution in [0.25, 0.3) is 11.3 Å². The van der Waals surface area contributed by atoms with Crippen LogP contribution in [0.15, 0.2) is 42.6 Å². The molecule has 0 aliphatic heterocycles. The van der Waals surface area contributed by atoms with Crippen LogP contribution in [0.5, 0.6) is 0 Å². The fraction of sp³-hybridized carbons (Fsp3) is 0.267. The minimum atomic E-state index is 0. The van der Waals surface area contributed by atoms with E-state index in [0.29, 0.717) is 0 Å². The molecule has 0 aliphatic rings. The fourth-order valence-electron chi connectivity index (χ4n) is 1.60. The maximum absolute atomic E-state index is 4.34. The second-order valence-corrected chi connectivity index (χ2v) is 4.96. The van der Waals surface area contributed by atoms with Crippen molar-refractivity contribution >= 4 is 0 Å². The monoisotopic (exact) mass is 421 g/mol. The average Bonchev–Trinajstić information content (AvgIpc) is 2.29. The number of aromatic nitrogens is 1. The van der Waals surface area contributed by atoms with E-state index in [1.165, 1.54) is 5.56 Å². The first-order valence-corrected chi connectivity index (χ1v) is 5.51. The third kappa shape index (κ3) is 4.02. The van der Waals surface area contributed by atoms with Crippen LogP contribution in [0.2, 0.25) is 0 Å². The summed E-state index contributed by atoms with van der Waals surface area (Å²) in [6.07, 6.45) is 1.81. The number of nitrogens with zero attached hydrogens (tertiary/aromatic N) is 1. The van der Waals surface area contributed by atoms with Crippen molar-refractivity contribution in [1.82, 2.24) is 4.98 Å². The molecule has 1 radical (unpaired) electrons. The van der Waals surface area contributed by atoms with Crippen molar-refractivity contribution in [3.8, 4) is 11.3 Å². The smallest absolute Gasteiger partial charge is 0.0160 e. The van der Waals surface area contributed by atoms with Gasteiger partial charge in [0.15, 0.2) is 0 Å². The third-order valence-corrected chi connectivity index (χ3v) is 2.61. The molecule has 2 N–H and O–H groups in total. The number of hydrogen-bond donors (Lipinski definition) is 0. The fourth-order valence-corrected chi connectivity index (χ4v) is 1.60. The molecule has 0 bridgehead atoms. The van der Waals surface area contributed by atoms with Gasteiger partial charge in [-0.3, -0.25) is 0 Å². The average molecular weight is 421 g/mol. The van der Waals surface area contributed by atoms with Crippen molar-refractivity contribution in [2.45, 2.75) is 26.2 Å². The summed E-state index contributed by atoms with van der Waals surface area (Å²) < 4.78 is 0. The zero-order valence-electron chi connectivity index (χ0n) is 10.8. The van der Waals surface area contributed by atoms with Gasteiger partial charge in [0, 0.05) is 26.3 Å². The molecule has 18 heavy (non-hydrogen) atoms. The minimum Gasteiger partial charge on any atom is -0.412 e. The van der Waals surface area contributed by atoms with E-state index in [4.69, 9.17) is 0 Å². The van der Waals surface area contributed by atoms with Crippen LogP contribution in [0.3, 0.4) is 0 Å². The van der Waals surface area contributed by atoms with Crippen molar-refractivity contribution in [1.29, 1.82) is 0 Å². The van der Waals surface area contributed by atoms with Gasteiger partial charge < -0.3 is 10.5 Å². The molecule has 0 fully saturated rings. The Morgan fingerprint density at radius 1 is 1.11 bits per heavy atom. The van der Waals surface area contributed by atoms with Gasteiger partial charge in [-0.05, 0) is 17.2 Å². The molecule has 99 valence electrons. The first kappa shape index (κ1) is 17.0. The molecule has 2 nitrogen and oxygen atoms in total. The topological polar surface area (TPSA) is 44.4 Å². The van der Waals surface area contributed by atoms with E-state index in [1.807, 2.05) is 30.5 Å². The largest absolute Gasteiger partial charge is 0.412 e. The van der Waals surface area contributed by atoms with E-state index in [-0.39, 0.29) is 31.0 Å². The molecule has 0 aliphatic carbocycles. The summed E-state index contributed by atoms with van der Waals surface area (Å²) in [6, 6.07) is 15.4. The van der Waals surface area contributed by atoms with Crippen LogP contribution >= 0.6 is 0 Å². The van der Waals surface area contributed by atoms with Gasteiger partial charge in [0.25, 0.3) is 0 Å². The van der Waals surface area contributed by atoms with E-state index in [2.05, 4.69) is 44.0 Å². The molecule has 0 atom stereocenters. The Bertz CT molecular complexity index is 477. The van der Waals surface area contributed by atoms with Gasteiger partial charge in [-0.15, -0.1) is 35.4 Å². The Hall–Kier alpha value is -1.02. The molecule has 1 heterocycles. The van der Waals surface area contributed by atoms with Gasteiger partial charge in [0.05, 0.1) is 0 Å². The molecular formula is C15H18IrNO-. The second-order valence-electron chi connectivity index (χ2n) is 4.96. The molecule has 1 aromatic carbocycles. The molecule has 0 saturated heterocycles. The summed E-state index contributed by atoms with van der Waals surface area (Å²) in [4.78, 5) is 4.34. The van der Waals surface area contributed by atoms with Gasteiger partial charge >= 0.3 is 0 Å². The Kier molecular flexibility index (Phi) is 6.40. The number of rotatable bonds is 1. The predicted octanol–water partition coefficient (Wildman–Crippen LogP) is 3.02. The van der Waals surface area contributed by atoms with E-state index in [9.17, 15) is 0 Å². The van der Waals surface area contributed by atoms with Crippen LogP contribution in [-0.4, -0.2) is 10.5 Å². The predicted molar refractivity (Wildman–Crippen MR) is 70.8 cm³/mol. The van der Waals surface area contributed by atoms with Crippen molar-refractivity contribution in [3.63, 3.8) is 0 Å². The van der Waals surface area contributed by atoms with Crippen molar-refractivity contribution in [3.05, 3.63) is 54.2 Å². The van der Waals surface area contributed by atoms with Crippen LogP contribution in [-0.2, 0) is 25.5 Å². The van der Waals surface area contributed by atoms with Gasteiger partial charge in [0.2, 0.25) is 0 Å². The molecule has 0 unspecified atom stereocenters. The third-order valence-electron chi connectivity index (χ3n) is 2.61. The summed E-state index contributed by atoms with van der Waals surface area (Å²) in [5, 5.41) is 0. The quantitative estimate of drug-likeness (QED) is 0.654. The van der Waals surface area contributed by atoms with E-state index < -0.39 is 0 Å². The SMILES string of the molecule is CC(C)(C)c1cc[c-]c(-c2ccccn2)c1.O.[Ir]. The number of hydrogen-bond acceptors (Lipinski definition) is 1. The molecule has 0 spiro atoms. The standard InChI is InChI=1S/C15H16N.Ir.H2O/c1-15(2,3)13-8-6-7-12(11-13)14-9-4-5-10-16-14;;/h4-6,8-11H,1-3H3;;1H2/q-1;;. The Labute approximate surface area is 122 Å². The number of pyridine rings is 1. The Morgan fingerprint density at radius 2 is 1.83 bits per heavy atom. The van der Waals surface area contributed by atoms with Crippen molar-refractivity contribution < 1.29 is 25.6 Å². The number of benzene rings is 1. The summed E-state index contributed by atoms with van der Waals surface area (Å²) in [7, 11) is 0. The minimum absolute atomic E-state index is 0. The normalized spacial score (nSPS) is 10.2. The van der Waals surface area contributed by atoms with Gasteiger partial charge in [-0.2, -0.15) is 0 Å². The van der Waals surface area contributed by atoms with Gasteiger partial charge in [-0.25, -0.2) is 0 Å². The Morgan fingerprint density at radius 3 is 2.39 bits per heavy atom. The van der Waals surface area contributed by atoms with Gasteiger partial charge in [0.1, 0.15) is 0 Å². The second kappa shape index (κ2) is 6.79. The molecule has 1 aromatic heterocycles.